The largest absolute Gasteiger partial charge is 0.468 e. The van der Waals surface area contributed by atoms with Crippen LogP contribution in [0.2, 0.25) is 0 Å². The maximum atomic E-state index is 14.8. The number of alkyl halides is 2. The molecule has 1 aromatic rings. The minimum atomic E-state index is -3.32. The Hall–Kier alpha value is -1.73. The van der Waals surface area contributed by atoms with Crippen molar-refractivity contribution in [3.63, 3.8) is 0 Å². The first-order valence-corrected chi connectivity index (χ1v) is 10.0. The Bertz CT molecular complexity index is 828. The first-order chi connectivity index (χ1) is 13.2. The molecule has 1 aromatic carbocycles. The summed E-state index contributed by atoms with van der Waals surface area (Å²) in [5.74, 6) is -3.97. The number of piperidine rings is 2. The van der Waals surface area contributed by atoms with Crippen molar-refractivity contribution in [3.05, 3.63) is 29.8 Å². The topological polar surface area (TPSA) is 61.8 Å². The number of methoxy groups -OCH3 is 1. The molecule has 6 rings (SSSR count). The minimum Gasteiger partial charge on any atom is -0.468 e. The molecule has 152 valence electrons. The van der Waals surface area contributed by atoms with E-state index in [2.05, 4.69) is 5.32 Å². The average molecular weight is 392 g/mol. The number of ether oxygens (including phenoxy) is 1. The number of aliphatic hydroxyl groups is 1. The first-order valence-electron chi connectivity index (χ1n) is 10.0. The third kappa shape index (κ3) is 2.09. The predicted molar refractivity (Wildman–Crippen MR) is 99.3 cm³/mol. The van der Waals surface area contributed by atoms with Crippen molar-refractivity contribution >= 4 is 11.7 Å². The maximum Gasteiger partial charge on any atom is 0.315 e. The van der Waals surface area contributed by atoms with Crippen LogP contribution in [0.5, 0.6) is 0 Å². The number of nitrogens with zero attached hydrogens (tertiary/aromatic N) is 1. The van der Waals surface area contributed by atoms with E-state index in [0.717, 1.165) is 24.6 Å². The molecular formula is C21H26F2N2O3. The second-order valence-electron chi connectivity index (χ2n) is 9.12. The van der Waals surface area contributed by atoms with E-state index >= 15 is 0 Å². The van der Waals surface area contributed by atoms with Crippen LogP contribution < -0.4 is 5.32 Å². The van der Waals surface area contributed by atoms with Crippen molar-refractivity contribution in [1.82, 2.24) is 4.90 Å². The number of para-hydroxylation sites is 1. The fourth-order valence-electron chi connectivity index (χ4n) is 6.80. The monoisotopic (exact) mass is 392 g/mol. The van der Waals surface area contributed by atoms with E-state index in [0.29, 0.717) is 19.5 Å². The van der Waals surface area contributed by atoms with Gasteiger partial charge in [0.15, 0.2) is 0 Å². The number of carbonyl (C=O) groups is 1. The van der Waals surface area contributed by atoms with Crippen LogP contribution in [0, 0.1) is 11.3 Å². The molecule has 3 saturated heterocycles. The number of esters is 1. The molecular weight excluding hydrogens is 366 g/mol. The smallest absolute Gasteiger partial charge is 0.315 e. The highest BCUT2D eigenvalue weighted by Crippen LogP contribution is 2.62. The number of anilines is 1. The highest BCUT2D eigenvalue weighted by molar-refractivity contribution is 5.82. The third-order valence-electron chi connectivity index (χ3n) is 7.71. The van der Waals surface area contributed by atoms with Gasteiger partial charge >= 0.3 is 5.97 Å². The zero-order chi connectivity index (χ0) is 19.9. The van der Waals surface area contributed by atoms with Gasteiger partial charge in [-0.05, 0) is 43.4 Å². The van der Waals surface area contributed by atoms with Crippen LogP contribution in [0.4, 0.5) is 14.5 Å². The van der Waals surface area contributed by atoms with Crippen LogP contribution in [0.3, 0.4) is 0 Å². The number of hydrogen-bond acceptors (Lipinski definition) is 5. The third-order valence-corrected chi connectivity index (χ3v) is 7.71. The lowest BCUT2D eigenvalue weighted by Crippen LogP contribution is -2.78. The molecule has 2 N–H and O–H groups in total. The quantitative estimate of drug-likeness (QED) is 0.758. The fraction of sp³-hybridized carbons (Fsp3) is 0.667. The molecule has 0 aromatic heterocycles. The molecule has 1 aliphatic carbocycles. The van der Waals surface area contributed by atoms with Crippen LogP contribution in [0.1, 0.15) is 37.7 Å². The minimum absolute atomic E-state index is 0.0146. The summed E-state index contributed by atoms with van der Waals surface area (Å²) in [6.45, 7) is 2.00. The van der Waals surface area contributed by atoms with Crippen molar-refractivity contribution in [3.8, 4) is 0 Å². The van der Waals surface area contributed by atoms with E-state index in [1.165, 1.54) is 7.11 Å². The van der Waals surface area contributed by atoms with Gasteiger partial charge in [-0.3, -0.25) is 9.69 Å². The van der Waals surface area contributed by atoms with Gasteiger partial charge in [-0.25, -0.2) is 8.78 Å². The van der Waals surface area contributed by atoms with Gasteiger partial charge in [0.05, 0.1) is 19.2 Å². The van der Waals surface area contributed by atoms with Crippen molar-refractivity contribution in [2.75, 3.05) is 25.5 Å². The van der Waals surface area contributed by atoms with Gasteiger partial charge in [0.25, 0.3) is 5.92 Å². The number of hydrogen-bond donors (Lipinski definition) is 2. The maximum absolute atomic E-state index is 14.8. The molecule has 4 heterocycles. The molecule has 4 aliphatic heterocycles. The number of fused-ring (bicyclic) bond motifs is 4. The molecule has 5 aliphatic rings. The molecule has 5 nitrogen and oxygen atoms in total. The van der Waals surface area contributed by atoms with E-state index in [-0.39, 0.29) is 24.3 Å². The Morgan fingerprint density at radius 3 is 2.82 bits per heavy atom. The fourth-order valence-corrected chi connectivity index (χ4v) is 6.80. The van der Waals surface area contributed by atoms with Crippen molar-refractivity contribution < 1.29 is 23.4 Å². The zero-order valence-electron chi connectivity index (χ0n) is 16.1. The molecule has 4 bridgehead atoms. The van der Waals surface area contributed by atoms with Crippen LogP contribution in [-0.4, -0.2) is 59.8 Å². The Morgan fingerprint density at radius 2 is 2.11 bits per heavy atom. The van der Waals surface area contributed by atoms with Crippen LogP contribution in [0.15, 0.2) is 24.3 Å². The van der Waals surface area contributed by atoms with Crippen LogP contribution >= 0.6 is 0 Å². The van der Waals surface area contributed by atoms with E-state index in [1.807, 2.05) is 29.2 Å². The highest BCUT2D eigenvalue weighted by atomic mass is 19.3. The van der Waals surface area contributed by atoms with Gasteiger partial charge in [-0.1, -0.05) is 18.2 Å². The van der Waals surface area contributed by atoms with Crippen molar-refractivity contribution in [2.45, 2.75) is 55.7 Å². The molecule has 28 heavy (non-hydrogen) atoms. The number of rotatable bonds is 2. The Kier molecular flexibility index (Phi) is 3.70. The van der Waals surface area contributed by atoms with E-state index in [4.69, 9.17) is 4.74 Å². The lowest BCUT2D eigenvalue weighted by atomic mass is 9.52. The van der Waals surface area contributed by atoms with Gasteiger partial charge in [0.2, 0.25) is 0 Å². The lowest BCUT2D eigenvalue weighted by Gasteiger charge is -2.63. The number of nitrogens with one attached hydrogen (secondary N) is 1. The highest BCUT2D eigenvalue weighted by Gasteiger charge is 2.75. The van der Waals surface area contributed by atoms with Crippen molar-refractivity contribution in [1.29, 1.82) is 0 Å². The summed E-state index contributed by atoms with van der Waals surface area (Å²) in [6, 6.07) is 6.56. The summed E-state index contributed by atoms with van der Waals surface area (Å²) in [5.41, 5.74) is -1.41. The number of carbonyl (C=O) groups excluding carboxylic acids is 1. The molecule has 4 fully saturated rings. The first kappa shape index (κ1) is 18.3. The number of benzene rings is 1. The number of halogens is 2. The summed E-state index contributed by atoms with van der Waals surface area (Å²) in [5, 5.41) is 14.8. The second-order valence-corrected chi connectivity index (χ2v) is 9.12. The van der Waals surface area contributed by atoms with Crippen LogP contribution in [-0.2, 0) is 9.53 Å². The molecule has 7 atom stereocenters. The summed E-state index contributed by atoms with van der Waals surface area (Å²) >= 11 is 0. The van der Waals surface area contributed by atoms with Gasteiger partial charge in [-0.15, -0.1) is 0 Å². The van der Waals surface area contributed by atoms with E-state index < -0.39 is 28.9 Å². The molecule has 7 heteroatoms. The van der Waals surface area contributed by atoms with Gasteiger partial charge in [0.1, 0.15) is 11.0 Å². The van der Waals surface area contributed by atoms with Crippen LogP contribution in [0.25, 0.3) is 0 Å². The predicted octanol–water partition coefficient (Wildman–Crippen LogP) is 2.61. The summed E-state index contributed by atoms with van der Waals surface area (Å²) in [6.07, 6.45) is 1.23. The van der Waals surface area contributed by atoms with Gasteiger partial charge < -0.3 is 15.2 Å². The molecule has 1 saturated carbocycles. The van der Waals surface area contributed by atoms with E-state index in [9.17, 15) is 18.7 Å². The van der Waals surface area contributed by atoms with Gasteiger partial charge in [-0.2, -0.15) is 0 Å². The molecule has 0 radical (unpaired) electrons. The standard InChI is InChI=1S/C21H26F2N2O3/c1-19(22,23)21(27)10-12-9-20(18(26)28-2)16-14(7-8-25(11-12)17(20)21)13-5-3-4-6-15(13)24-16/h3-6,12,14,16-17,24,27H,7-11H2,1-2H3. The zero-order valence-corrected chi connectivity index (χ0v) is 16.1. The Balaban J connectivity index is 1.72. The molecule has 0 amide bonds. The summed E-state index contributed by atoms with van der Waals surface area (Å²) in [4.78, 5) is 15.2. The SMILES string of the molecule is COC(=O)C12CC3CN(CCC4c5ccccc5NC41)C2C(O)(C(C)(F)F)C3. The normalized spacial score (nSPS) is 43.5. The molecule has 0 spiro atoms. The second kappa shape index (κ2) is 5.66. The summed E-state index contributed by atoms with van der Waals surface area (Å²) < 4.78 is 34.8. The van der Waals surface area contributed by atoms with Crippen molar-refractivity contribution in [2.24, 2.45) is 11.3 Å². The summed E-state index contributed by atoms with van der Waals surface area (Å²) in [7, 11) is 1.31. The molecule has 7 unspecified atom stereocenters. The Labute approximate surface area is 163 Å². The average Bonchev–Trinajstić information content (AvgIpc) is 2.99. The lowest BCUT2D eigenvalue weighted by molar-refractivity contribution is -0.275. The van der Waals surface area contributed by atoms with Gasteiger partial charge in [0, 0.05) is 25.1 Å². The Morgan fingerprint density at radius 1 is 1.36 bits per heavy atom. The van der Waals surface area contributed by atoms with E-state index in [1.54, 1.807) is 0 Å².